The number of benzene rings is 2. The summed E-state index contributed by atoms with van der Waals surface area (Å²) >= 11 is 0. The zero-order valence-electron chi connectivity index (χ0n) is 17.1. The Hall–Kier alpha value is -3.67. The molecule has 0 amide bonds. The van der Waals surface area contributed by atoms with Crippen molar-refractivity contribution in [2.75, 3.05) is 18.8 Å². The fourth-order valence-corrected chi connectivity index (χ4v) is 3.63. The molecular formula is C23H24N6O2. The minimum absolute atomic E-state index is 0.142. The summed E-state index contributed by atoms with van der Waals surface area (Å²) in [5.41, 5.74) is 11.5. The molecule has 0 aliphatic carbocycles. The monoisotopic (exact) mass is 416 g/mol. The zero-order valence-corrected chi connectivity index (χ0v) is 17.1. The van der Waals surface area contributed by atoms with E-state index >= 15 is 0 Å². The van der Waals surface area contributed by atoms with Gasteiger partial charge >= 0.3 is 5.97 Å². The van der Waals surface area contributed by atoms with Crippen LogP contribution < -0.4 is 11.2 Å². The average molecular weight is 416 g/mol. The van der Waals surface area contributed by atoms with E-state index in [4.69, 9.17) is 15.8 Å². The van der Waals surface area contributed by atoms with Crippen LogP contribution >= 0.6 is 0 Å². The van der Waals surface area contributed by atoms with Crippen LogP contribution in [-0.4, -0.2) is 39.8 Å². The molecule has 31 heavy (non-hydrogen) atoms. The van der Waals surface area contributed by atoms with Crippen LogP contribution in [0.25, 0.3) is 5.69 Å². The lowest BCUT2D eigenvalue weighted by atomic mass is 10.1. The van der Waals surface area contributed by atoms with Gasteiger partial charge in [-0.25, -0.2) is 9.48 Å². The van der Waals surface area contributed by atoms with Crippen LogP contribution in [0.2, 0.25) is 0 Å². The van der Waals surface area contributed by atoms with E-state index in [1.165, 1.54) is 16.4 Å². The van der Waals surface area contributed by atoms with E-state index in [1.54, 1.807) is 24.3 Å². The van der Waals surface area contributed by atoms with E-state index in [0.717, 1.165) is 32.5 Å². The lowest BCUT2D eigenvalue weighted by Gasteiger charge is -2.31. The molecule has 8 heteroatoms. The Morgan fingerprint density at radius 1 is 1.16 bits per heavy atom. The molecular weight excluding hydrogens is 392 g/mol. The van der Waals surface area contributed by atoms with E-state index in [0.29, 0.717) is 16.8 Å². The molecule has 2 heterocycles. The number of hydroxylamine groups is 1. The van der Waals surface area contributed by atoms with Gasteiger partial charge in [-0.2, -0.15) is 10.4 Å². The van der Waals surface area contributed by atoms with E-state index in [9.17, 15) is 4.79 Å². The first-order chi connectivity index (χ1) is 15.1. The highest BCUT2D eigenvalue weighted by atomic mass is 16.7. The lowest BCUT2D eigenvalue weighted by molar-refractivity contribution is 0.00668. The van der Waals surface area contributed by atoms with Crippen molar-refractivity contribution in [3.63, 3.8) is 0 Å². The highest BCUT2D eigenvalue weighted by molar-refractivity contribution is 5.89. The smallest absolute Gasteiger partial charge is 0.356 e. The molecule has 0 saturated carbocycles. The van der Waals surface area contributed by atoms with Crippen LogP contribution in [0.4, 0.5) is 5.82 Å². The molecule has 0 bridgehead atoms. The summed E-state index contributed by atoms with van der Waals surface area (Å²) in [5, 5.41) is 13.1. The summed E-state index contributed by atoms with van der Waals surface area (Å²) in [5.74, 6) is -0.178. The van der Waals surface area contributed by atoms with Gasteiger partial charge in [-0.1, -0.05) is 30.3 Å². The minimum Gasteiger partial charge on any atom is -0.382 e. The number of aromatic nitrogens is 2. The highest BCUT2D eigenvalue weighted by Gasteiger charge is 2.21. The molecule has 0 radical (unpaired) electrons. The SMILES string of the molecule is N#Cc1cnn(-c2ccc(C(=O)ONC3CCN(Cc4ccccc4)CC3)cc2)c1N. The summed E-state index contributed by atoms with van der Waals surface area (Å²) in [7, 11) is 0. The number of nitrogens with one attached hydrogen (secondary N) is 1. The number of hydrogen-bond donors (Lipinski definition) is 2. The first kappa shape index (κ1) is 20.6. The third-order valence-corrected chi connectivity index (χ3v) is 5.43. The van der Waals surface area contributed by atoms with Gasteiger partial charge in [-0.05, 0) is 42.7 Å². The zero-order chi connectivity index (χ0) is 21.6. The van der Waals surface area contributed by atoms with E-state index in [-0.39, 0.29) is 11.9 Å². The first-order valence-corrected chi connectivity index (χ1v) is 10.2. The molecule has 0 spiro atoms. The van der Waals surface area contributed by atoms with Crippen molar-refractivity contribution in [2.45, 2.75) is 25.4 Å². The topological polar surface area (TPSA) is 109 Å². The molecule has 3 N–H and O–H groups in total. The van der Waals surface area contributed by atoms with E-state index in [1.807, 2.05) is 12.1 Å². The summed E-state index contributed by atoms with van der Waals surface area (Å²) < 4.78 is 1.45. The van der Waals surface area contributed by atoms with Gasteiger partial charge in [0.15, 0.2) is 0 Å². The number of piperidine rings is 1. The van der Waals surface area contributed by atoms with Crippen LogP contribution in [-0.2, 0) is 11.4 Å². The molecule has 1 fully saturated rings. The van der Waals surface area contributed by atoms with Gasteiger partial charge in [-0.3, -0.25) is 4.90 Å². The largest absolute Gasteiger partial charge is 0.382 e. The van der Waals surface area contributed by atoms with Crippen LogP contribution in [0.1, 0.15) is 34.3 Å². The predicted octanol–water partition coefficient (Wildman–Crippen LogP) is 2.65. The van der Waals surface area contributed by atoms with Crippen molar-refractivity contribution in [1.82, 2.24) is 20.2 Å². The second kappa shape index (κ2) is 9.43. The third kappa shape index (κ3) is 4.91. The van der Waals surface area contributed by atoms with Crippen LogP contribution in [0.3, 0.4) is 0 Å². The predicted molar refractivity (Wildman–Crippen MR) is 116 cm³/mol. The number of carbonyl (C=O) groups excluding carboxylic acids is 1. The molecule has 0 atom stereocenters. The van der Waals surface area contributed by atoms with Gasteiger partial charge < -0.3 is 10.6 Å². The number of hydrogen-bond acceptors (Lipinski definition) is 7. The number of anilines is 1. The summed E-state index contributed by atoms with van der Waals surface area (Å²) in [6.07, 6.45) is 3.24. The van der Waals surface area contributed by atoms with Crippen molar-refractivity contribution in [2.24, 2.45) is 0 Å². The quantitative estimate of drug-likeness (QED) is 0.595. The molecule has 158 valence electrons. The number of rotatable bonds is 6. The molecule has 1 aliphatic heterocycles. The maximum Gasteiger partial charge on any atom is 0.356 e. The van der Waals surface area contributed by atoms with Crippen molar-refractivity contribution < 1.29 is 9.63 Å². The van der Waals surface area contributed by atoms with Crippen LogP contribution in [0.15, 0.2) is 60.8 Å². The molecule has 1 saturated heterocycles. The lowest BCUT2D eigenvalue weighted by Crippen LogP contribution is -2.42. The molecule has 1 aromatic heterocycles. The summed E-state index contributed by atoms with van der Waals surface area (Å²) in [4.78, 5) is 20.1. The normalized spacial score (nSPS) is 14.8. The van der Waals surface area contributed by atoms with Gasteiger partial charge in [0.25, 0.3) is 0 Å². The fourth-order valence-electron chi connectivity index (χ4n) is 3.63. The Labute approximate surface area is 180 Å². The number of nitriles is 1. The van der Waals surface area contributed by atoms with Crippen molar-refractivity contribution in [1.29, 1.82) is 5.26 Å². The fraction of sp³-hybridized carbons (Fsp3) is 0.261. The second-order valence-electron chi connectivity index (χ2n) is 7.56. The number of nitrogens with two attached hydrogens (primary N) is 1. The standard InChI is InChI=1S/C23H24N6O2/c24-14-19-15-26-29(22(19)25)21-8-6-18(7-9-21)23(30)31-27-20-10-12-28(13-11-20)16-17-4-2-1-3-5-17/h1-9,15,20,27H,10-13,16,25H2. The average Bonchev–Trinajstić information content (AvgIpc) is 3.19. The van der Waals surface area contributed by atoms with Gasteiger partial charge in [0.1, 0.15) is 17.5 Å². The Kier molecular flexibility index (Phi) is 6.26. The molecule has 1 aliphatic rings. The third-order valence-electron chi connectivity index (χ3n) is 5.43. The van der Waals surface area contributed by atoms with Crippen molar-refractivity contribution >= 4 is 11.8 Å². The Morgan fingerprint density at radius 3 is 2.52 bits per heavy atom. The number of nitrogen functional groups attached to an aromatic ring is 1. The second-order valence-corrected chi connectivity index (χ2v) is 7.56. The Balaban J connectivity index is 1.26. The van der Waals surface area contributed by atoms with Gasteiger partial charge in [-0.15, -0.1) is 5.48 Å². The maximum atomic E-state index is 12.4. The maximum absolute atomic E-state index is 12.4. The number of likely N-dealkylation sites (tertiary alicyclic amines) is 1. The van der Waals surface area contributed by atoms with Crippen molar-refractivity contribution in [3.05, 3.63) is 77.5 Å². The Bertz CT molecular complexity index is 1060. The molecule has 4 rings (SSSR count). The number of carbonyl (C=O) groups is 1. The van der Waals surface area contributed by atoms with Crippen LogP contribution in [0.5, 0.6) is 0 Å². The minimum atomic E-state index is -0.440. The van der Waals surface area contributed by atoms with Gasteiger partial charge in [0.2, 0.25) is 0 Å². The molecule has 3 aromatic rings. The summed E-state index contributed by atoms with van der Waals surface area (Å²) in [6.45, 7) is 2.85. The van der Waals surface area contributed by atoms with E-state index < -0.39 is 5.97 Å². The van der Waals surface area contributed by atoms with Gasteiger partial charge in [0, 0.05) is 25.7 Å². The molecule has 2 aromatic carbocycles. The van der Waals surface area contributed by atoms with E-state index in [2.05, 4.69) is 39.7 Å². The molecule has 0 unspecified atom stereocenters. The van der Waals surface area contributed by atoms with Crippen LogP contribution in [0, 0.1) is 11.3 Å². The number of nitrogens with zero attached hydrogens (tertiary/aromatic N) is 4. The highest BCUT2D eigenvalue weighted by Crippen LogP contribution is 2.18. The first-order valence-electron chi connectivity index (χ1n) is 10.2. The Morgan fingerprint density at radius 2 is 1.87 bits per heavy atom. The summed E-state index contributed by atoms with van der Waals surface area (Å²) in [6, 6.07) is 19.3. The van der Waals surface area contributed by atoms with Crippen molar-refractivity contribution in [3.8, 4) is 11.8 Å². The molecule has 8 nitrogen and oxygen atoms in total. The van der Waals surface area contributed by atoms with Gasteiger partial charge in [0.05, 0.1) is 17.4 Å².